The van der Waals surface area contributed by atoms with Crippen molar-refractivity contribution in [3.05, 3.63) is 62.0 Å². The highest BCUT2D eigenvalue weighted by Gasteiger charge is 2.15. The van der Waals surface area contributed by atoms with Crippen LogP contribution in [-0.2, 0) is 0 Å². The van der Waals surface area contributed by atoms with Gasteiger partial charge in [0.05, 0.1) is 12.1 Å². The fourth-order valence-electron chi connectivity index (χ4n) is 1.75. The van der Waals surface area contributed by atoms with Crippen LogP contribution in [0.3, 0.4) is 0 Å². The van der Waals surface area contributed by atoms with Crippen LogP contribution in [0.25, 0.3) is 0 Å². The van der Waals surface area contributed by atoms with E-state index in [-0.39, 0.29) is 0 Å². The van der Waals surface area contributed by atoms with Crippen molar-refractivity contribution >= 4 is 39.1 Å². The van der Waals surface area contributed by atoms with Gasteiger partial charge in [0.25, 0.3) is 0 Å². The van der Waals surface area contributed by atoms with Gasteiger partial charge in [-0.1, -0.05) is 51.3 Å². The smallest absolute Gasteiger partial charge is 0.137 e. The highest BCUT2D eigenvalue weighted by Crippen LogP contribution is 2.34. The molecule has 0 aliphatic rings. The average molecular weight is 362 g/mol. The van der Waals surface area contributed by atoms with Gasteiger partial charge in [0.15, 0.2) is 0 Å². The van der Waals surface area contributed by atoms with Crippen molar-refractivity contribution in [1.29, 1.82) is 0 Å². The topological polar surface area (TPSA) is 29.5 Å². The predicted octanol–water partition coefficient (Wildman–Crippen LogP) is 4.85. The van der Waals surface area contributed by atoms with Gasteiger partial charge in [-0.15, -0.1) is 0 Å². The molecule has 2 nitrogen and oxygen atoms in total. The molecule has 19 heavy (non-hydrogen) atoms. The third kappa shape index (κ3) is 3.23. The number of aliphatic hydroxyl groups is 1. The van der Waals surface area contributed by atoms with Crippen molar-refractivity contribution < 1.29 is 9.84 Å². The molecule has 1 atom stereocenters. The Morgan fingerprint density at radius 3 is 2.53 bits per heavy atom. The number of hydrogen-bond donors (Lipinski definition) is 1. The van der Waals surface area contributed by atoms with E-state index < -0.39 is 6.10 Å². The molecule has 0 radical (unpaired) electrons. The van der Waals surface area contributed by atoms with Crippen molar-refractivity contribution in [2.24, 2.45) is 0 Å². The van der Waals surface area contributed by atoms with Crippen molar-refractivity contribution in [1.82, 2.24) is 0 Å². The summed E-state index contributed by atoms with van der Waals surface area (Å²) in [5, 5.41) is 11.5. The van der Waals surface area contributed by atoms with E-state index in [0.717, 1.165) is 10.0 Å². The Balaban J connectivity index is 2.40. The largest absolute Gasteiger partial charge is 0.495 e. The molecule has 100 valence electrons. The number of rotatable bonds is 3. The predicted molar refractivity (Wildman–Crippen MR) is 81.2 cm³/mol. The van der Waals surface area contributed by atoms with E-state index in [9.17, 15) is 5.11 Å². The van der Waals surface area contributed by atoms with Gasteiger partial charge in [-0.25, -0.2) is 0 Å². The number of methoxy groups -OCH3 is 1. The molecule has 2 rings (SSSR count). The third-order valence-electron chi connectivity index (χ3n) is 2.75. The van der Waals surface area contributed by atoms with E-state index in [1.54, 1.807) is 36.4 Å². The monoisotopic (exact) mass is 360 g/mol. The summed E-state index contributed by atoms with van der Waals surface area (Å²) in [6.45, 7) is 0. The van der Waals surface area contributed by atoms with Gasteiger partial charge in [-0.05, 0) is 35.4 Å². The lowest BCUT2D eigenvalue weighted by atomic mass is 10.0. The number of ether oxygens (including phenoxy) is 1. The summed E-state index contributed by atoms with van der Waals surface area (Å²) in [5.41, 5.74) is 1.43. The maximum absolute atomic E-state index is 10.4. The van der Waals surface area contributed by atoms with Crippen molar-refractivity contribution in [3.8, 4) is 5.75 Å². The fourth-order valence-corrected chi connectivity index (χ4v) is 2.84. The number of aliphatic hydroxyl groups excluding tert-OH is 1. The average Bonchev–Trinajstić information content (AvgIpc) is 2.38. The Morgan fingerprint density at radius 1 is 1.16 bits per heavy atom. The van der Waals surface area contributed by atoms with Gasteiger partial charge in [0, 0.05) is 9.50 Å². The summed E-state index contributed by atoms with van der Waals surface area (Å²) in [6.07, 6.45) is -0.780. The minimum atomic E-state index is -0.780. The molecule has 0 aliphatic heterocycles. The zero-order valence-electron chi connectivity index (χ0n) is 10.0. The second-order valence-corrected chi connectivity index (χ2v) is 5.66. The molecule has 2 aromatic carbocycles. The van der Waals surface area contributed by atoms with Crippen LogP contribution in [0.2, 0.25) is 10.0 Å². The Hall–Kier alpha value is -0.740. The summed E-state index contributed by atoms with van der Waals surface area (Å²) in [6, 6.07) is 10.4. The Labute approximate surface area is 130 Å². The lowest BCUT2D eigenvalue weighted by Crippen LogP contribution is -2.01. The first kappa shape index (κ1) is 14.7. The molecule has 0 heterocycles. The zero-order chi connectivity index (χ0) is 14.0. The Morgan fingerprint density at radius 2 is 1.89 bits per heavy atom. The van der Waals surface area contributed by atoms with Crippen molar-refractivity contribution in [3.63, 3.8) is 0 Å². The molecule has 0 bridgehead atoms. The molecule has 0 aliphatic carbocycles. The molecular formula is C14H11BrCl2O2. The summed E-state index contributed by atoms with van der Waals surface area (Å²) >= 11 is 15.2. The molecular weight excluding hydrogens is 351 g/mol. The van der Waals surface area contributed by atoms with Crippen molar-refractivity contribution in [2.45, 2.75) is 6.10 Å². The Kier molecular flexibility index (Phi) is 4.74. The summed E-state index contributed by atoms with van der Waals surface area (Å²) in [4.78, 5) is 0. The quantitative estimate of drug-likeness (QED) is 0.846. The van der Waals surface area contributed by atoms with Gasteiger partial charge in [0.1, 0.15) is 11.9 Å². The molecule has 0 fully saturated rings. The first-order valence-electron chi connectivity index (χ1n) is 5.49. The molecule has 0 aromatic heterocycles. The van der Waals surface area contributed by atoms with E-state index in [4.69, 9.17) is 27.9 Å². The summed E-state index contributed by atoms with van der Waals surface area (Å²) in [7, 11) is 1.54. The van der Waals surface area contributed by atoms with Gasteiger partial charge in [-0.2, -0.15) is 0 Å². The van der Waals surface area contributed by atoms with Gasteiger partial charge in [-0.3, -0.25) is 0 Å². The van der Waals surface area contributed by atoms with Crippen LogP contribution in [-0.4, -0.2) is 12.2 Å². The standard InChI is InChI=1S/C14H11BrCl2O2/c1-19-13-6-8(2-5-12(13)17)14(18)10-4-3-9(16)7-11(10)15/h2-7,14,18H,1H3. The van der Waals surface area contributed by atoms with Crippen LogP contribution in [0.1, 0.15) is 17.2 Å². The molecule has 0 spiro atoms. The van der Waals surface area contributed by atoms with Gasteiger partial charge >= 0.3 is 0 Å². The molecule has 1 unspecified atom stereocenters. The van der Waals surface area contributed by atoms with Crippen LogP contribution in [0, 0.1) is 0 Å². The van der Waals surface area contributed by atoms with Crippen LogP contribution < -0.4 is 4.74 Å². The van der Waals surface area contributed by atoms with Crippen LogP contribution in [0.4, 0.5) is 0 Å². The molecule has 2 aromatic rings. The lowest BCUT2D eigenvalue weighted by molar-refractivity contribution is 0.219. The first-order chi connectivity index (χ1) is 9.02. The molecule has 1 N–H and O–H groups in total. The summed E-state index contributed by atoms with van der Waals surface area (Å²) < 4.78 is 5.90. The molecule has 5 heteroatoms. The second-order valence-electron chi connectivity index (χ2n) is 3.96. The van der Waals surface area contributed by atoms with Crippen LogP contribution >= 0.6 is 39.1 Å². The number of benzene rings is 2. The maximum atomic E-state index is 10.4. The van der Waals surface area contributed by atoms with Crippen molar-refractivity contribution in [2.75, 3.05) is 7.11 Å². The van der Waals surface area contributed by atoms with E-state index in [2.05, 4.69) is 15.9 Å². The SMILES string of the molecule is COc1cc(C(O)c2ccc(Cl)cc2Br)ccc1Cl. The summed E-state index contributed by atoms with van der Waals surface area (Å²) in [5.74, 6) is 0.531. The van der Waals surface area contributed by atoms with Gasteiger partial charge < -0.3 is 9.84 Å². The lowest BCUT2D eigenvalue weighted by Gasteiger charge is -2.15. The van der Waals surface area contributed by atoms with E-state index in [1.807, 2.05) is 0 Å². The second kappa shape index (κ2) is 6.14. The van der Waals surface area contributed by atoms with E-state index >= 15 is 0 Å². The fraction of sp³-hybridized carbons (Fsp3) is 0.143. The third-order valence-corrected chi connectivity index (χ3v) is 3.98. The minimum Gasteiger partial charge on any atom is -0.495 e. The maximum Gasteiger partial charge on any atom is 0.137 e. The highest BCUT2D eigenvalue weighted by atomic mass is 79.9. The Bertz CT molecular complexity index is 602. The number of halogens is 3. The zero-order valence-corrected chi connectivity index (χ0v) is 13.1. The molecule has 0 amide bonds. The number of hydrogen-bond acceptors (Lipinski definition) is 2. The van der Waals surface area contributed by atoms with Crippen LogP contribution in [0.5, 0.6) is 5.75 Å². The van der Waals surface area contributed by atoms with Crippen LogP contribution in [0.15, 0.2) is 40.9 Å². The van der Waals surface area contributed by atoms with E-state index in [1.165, 1.54) is 7.11 Å². The van der Waals surface area contributed by atoms with E-state index in [0.29, 0.717) is 21.4 Å². The first-order valence-corrected chi connectivity index (χ1v) is 7.04. The minimum absolute atomic E-state index is 0.508. The molecule has 0 saturated carbocycles. The molecule has 0 saturated heterocycles. The normalized spacial score (nSPS) is 12.3. The highest BCUT2D eigenvalue weighted by molar-refractivity contribution is 9.10. The van der Waals surface area contributed by atoms with Gasteiger partial charge in [0.2, 0.25) is 0 Å².